The van der Waals surface area contributed by atoms with Gasteiger partial charge in [0.05, 0.1) is 26.4 Å². The summed E-state index contributed by atoms with van der Waals surface area (Å²) in [5.74, 6) is 3.33. The van der Waals surface area contributed by atoms with Gasteiger partial charge in [-0.2, -0.15) is 0 Å². The van der Waals surface area contributed by atoms with E-state index in [2.05, 4.69) is 35.3 Å². The van der Waals surface area contributed by atoms with E-state index < -0.39 is 0 Å². The van der Waals surface area contributed by atoms with Gasteiger partial charge in [-0.15, -0.1) is 0 Å². The van der Waals surface area contributed by atoms with Gasteiger partial charge in [0.25, 0.3) is 0 Å². The number of rotatable bonds is 9. The van der Waals surface area contributed by atoms with Gasteiger partial charge in [-0.05, 0) is 43.9 Å². The van der Waals surface area contributed by atoms with Crippen molar-refractivity contribution in [2.75, 3.05) is 66.3 Å². The van der Waals surface area contributed by atoms with Crippen LogP contribution >= 0.6 is 0 Å². The molecule has 7 heteroatoms. The summed E-state index contributed by atoms with van der Waals surface area (Å²) in [5, 5.41) is 3.53. The average Bonchev–Trinajstić information content (AvgIpc) is 3.50. The highest BCUT2D eigenvalue weighted by atomic mass is 16.6. The number of hydrogen-bond acceptors (Lipinski definition) is 5. The van der Waals surface area contributed by atoms with Crippen LogP contribution in [0.2, 0.25) is 0 Å². The third-order valence-electron chi connectivity index (χ3n) is 6.95. The Morgan fingerprint density at radius 1 is 1.19 bits per heavy atom. The van der Waals surface area contributed by atoms with Gasteiger partial charge >= 0.3 is 0 Å². The number of likely N-dealkylation sites (tertiary alicyclic amines) is 1. The maximum atomic E-state index is 5.87. The first-order chi connectivity index (χ1) is 15.7. The first-order valence-corrected chi connectivity index (χ1v) is 12.2. The first-order valence-electron chi connectivity index (χ1n) is 12.2. The lowest BCUT2D eigenvalue weighted by atomic mass is 9.79. The van der Waals surface area contributed by atoms with Crippen molar-refractivity contribution < 1.29 is 18.9 Å². The summed E-state index contributed by atoms with van der Waals surface area (Å²) in [6.07, 6.45) is 6.00. The number of fused-ring (bicyclic) bond motifs is 1. The van der Waals surface area contributed by atoms with Gasteiger partial charge < -0.3 is 29.2 Å². The van der Waals surface area contributed by atoms with Crippen LogP contribution in [0.5, 0.6) is 11.5 Å². The Hall–Kier alpha value is -1.99. The summed E-state index contributed by atoms with van der Waals surface area (Å²) in [4.78, 5) is 7.58. The molecule has 1 unspecified atom stereocenters. The van der Waals surface area contributed by atoms with Crippen molar-refractivity contribution in [1.29, 1.82) is 0 Å². The van der Waals surface area contributed by atoms with Gasteiger partial charge in [0.15, 0.2) is 17.5 Å². The van der Waals surface area contributed by atoms with Crippen LogP contribution in [0.15, 0.2) is 23.2 Å². The summed E-state index contributed by atoms with van der Waals surface area (Å²) in [6, 6.07) is 6.50. The molecule has 0 bridgehead atoms. The van der Waals surface area contributed by atoms with Gasteiger partial charge in [0.1, 0.15) is 13.2 Å². The largest absolute Gasteiger partial charge is 0.486 e. The molecule has 1 aromatic rings. The Morgan fingerprint density at radius 2 is 2.00 bits per heavy atom. The molecular formula is C25H39N3O4. The van der Waals surface area contributed by atoms with E-state index in [1.54, 1.807) is 7.11 Å². The van der Waals surface area contributed by atoms with Crippen LogP contribution in [-0.2, 0) is 14.9 Å². The lowest BCUT2D eigenvalue weighted by Crippen LogP contribution is -2.41. The predicted octanol–water partition coefficient (Wildman–Crippen LogP) is 3.22. The van der Waals surface area contributed by atoms with Crippen LogP contribution in [-0.4, -0.2) is 77.2 Å². The van der Waals surface area contributed by atoms with Crippen molar-refractivity contribution >= 4 is 5.96 Å². The number of ether oxygens (including phenoxy) is 4. The zero-order chi connectivity index (χ0) is 22.2. The molecule has 32 heavy (non-hydrogen) atoms. The number of nitrogens with one attached hydrogen (secondary N) is 1. The van der Waals surface area contributed by atoms with Gasteiger partial charge in [0.2, 0.25) is 0 Å². The van der Waals surface area contributed by atoms with E-state index in [4.69, 9.17) is 23.9 Å². The number of nitrogens with zero attached hydrogens (tertiary/aromatic N) is 2. The quantitative estimate of drug-likeness (QED) is 0.358. The SMILES string of the molecule is CCNC(=NCC1(c2ccc3c(c2)OCCO3)CCCC1)N1CCC(COCCOC)C1. The minimum atomic E-state index is 0.0822. The fourth-order valence-electron chi connectivity index (χ4n) is 5.17. The van der Waals surface area contributed by atoms with Crippen molar-refractivity contribution in [2.45, 2.75) is 44.4 Å². The second kappa shape index (κ2) is 11.2. The van der Waals surface area contributed by atoms with Crippen LogP contribution in [0, 0.1) is 5.92 Å². The van der Waals surface area contributed by atoms with Crippen molar-refractivity contribution in [3.05, 3.63) is 23.8 Å². The molecule has 1 saturated heterocycles. The van der Waals surface area contributed by atoms with E-state index in [0.29, 0.717) is 32.3 Å². The van der Waals surface area contributed by atoms with Gasteiger partial charge in [0, 0.05) is 38.1 Å². The fraction of sp³-hybridized carbons (Fsp3) is 0.720. The molecule has 2 aliphatic heterocycles. The smallest absolute Gasteiger partial charge is 0.193 e. The molecule has 2 heterocycles. The molecule has 1 aliphatic carbocycles. The Balaban J connectivity index is 1.44. The van der Waals surface area contributed by atoms with E-state index in [1.807, 2.05) is 0 Å². The molecule has 0 spiro atoms. The first kappa shape index (κ1) is 23.2. The maximum absolute atomic E-state index is 5.87. The minimum absolute atomic E-state index is 0.0822. The molecule has 1 N–H and O–H groups in total. The maximum Gasteiger partial charge on any atom is 0.193 e. The van der Waals surface area contributed by atoms with Crippen LogP contribution in [0.3, 0.4) is 0 Å². The fourth-order valence-corrected chi connectivity index (χ4v) is 5.17. The second-order valence-corrected chi connectivity index (χ2v) is 9.18. The average molecular weight is 446 g/mol. The van der Waals surface area contributed by atoms with Gasteiger partial charge in [-0.3, -0.25) is 4.99 Å². The predicted molar refractivity (Wildman–Crippen MR) is 126 cm³/mol. The number of aliphatic imine (C=N–C) groups is 1. The zero-order valence-corrected chi connectivity index (χ0v) is 19.7. The highest BCUT2D eigenvalue weighted by Gasteiger charge is 2.37. The molecule has 2 fully saturated rings. The highest BCUT2D eigenvalue weighted by Crippen LogP contribution is 2.44. The van der Waals surface area contributed by atoms with Gasteiger partial charge in [-0.25, -0.2) is 0 Å². The summed E-state index contributed by atoms with van der Waals surface area (Å²) >= 11 is 0. The standard InChI is InChI=1S/C25H39N3O4/c1-3-26-24(28-11-8-20(17-28)18-30-13-12-29-2)27-19-25(9-4-5-10-25)21-6-7-22-23(16-21)32-15-14-31-22/h6-7,16,20H,3-5,8-15,17-19H2,1-2H3,(H,26,27). The van der Waals surface area contributed by atoms with Crippen LogP contribution in [0.25, 0.3) is 0 Å². The molecule has 0 amide bonds. The van der Waals surface area contributed by atoms with E-state index in [-0.39, 0.29) is 5.41 Å². The van der Waals surface area contributed by atoms with Crippen molar-refractivity contribution in [1.82, 2.24) is 10.2 Å². The Morgan fingerprint density at radius 3 is 2.78 bits per heavy atom. The lowest BCUT2D eigenvalue weighted by Gasteiger charge is -2.31. The molecule has 1 saturated carbocycles. The second-order valence-electron chi connectivity index (χ2n) is 9.18. The number of guanidine groups is 1. The molecule has 3 aliphatic rings. The van der Waals surface area contributed by atoms with Crippen molar-refractivity contribution in [2.24, 2.45) is 10.9 Å². The number of hydrogen-bond donors (Lipinski definition) is 1. The topological polar surface area (TPSA) is 64.6 Å². The van der Waals surface area contributed by atoms with E-state index in [0.717, 1.165) is 56.7 Å². The third kappa shape index (κ3) is 5.49. The third-order valence-corrected chi connectivity index (χ3v) is 6.95. The molecule has 4 rings (SSSR count). The summed E-state index contributed by atoms with van der Waals surface area (Å²) in [5.41, 5.74) is 1.42. The number of methoxy groups -OCH3 is 1. The van der Waals surface area contributed by atoms with E-state index in [9.17, 15) is 0 Å². The van der Waals surface area contributed by atoms with E-state index in [1.165, 1.54) is 31.2 Å². The minimum Gasteiger partial charge on any atom is -0.486 e. The van der Waals surface area contributed by atoms with Crippen molar-refractivity contribution in [3.8, 4) is 11.5 Å². The lowest BCUT2D eigenvalue weighted by molar-refractivity contribution is 0.0536. The monoisotopic (exact) mass is 445 g/mol. The van der Waals surface area contributed by atoms with Crippen LogP contribution < -0.4 is 14.8 Å². The molecule has 178 valence electrons. The van der Waals surface area contributed by atoms with E-state index >= 15 is 0 Å². The summed E-state index contributed by atoms with van der Waals surface area (Å²) < 4.78 is 22.5. The normalized spacial score (nSPS) is 22.4. The van der Waals surface area contributed by atoms with Gasteiger partial charge in [-0.1, -0.05) is 18.9 Å². The summed E-state index contributed by atoms with van der Waals surface area (Å²) in [7, 11) is 1.71. The zero-order valence-electron chi connectivity index (χ0n) is 19.7. The molecule has 1 aromatic carbocycles. The Kier molecular flexibility index (Phi) is 8.14. The van der Waals surface area contributed by atoms with Crippen LogP contribution in [0.4, 0.5) is 0 Å². The molecular weight excluding hydrogens is 406 g/mol. The van der Waals surface area contributed by atoms with Crippen LogP contribution in [0.1, 0.15) is 44.6 Å². The highest BCUT2D eigenvalue weighted by molar-refractivity contribution is 5.80. The number of benzene rings is 1. The molecule has 7 nitrogen and oxygen atoms in total. The molecule has 1 atom stereocenters. The molecule has 0 radical (unpaired) electrons. The Bertz CT molecular complexity index is 764. The van der Waals surface area contributed by atoms with Crippen molar-refractivity contribution in [3.63, 3.8) is 0 Å². The molecule has 0 aromatic heterocycles. The summed E-state index contributed by atoms with van der Waals surface area (Å²) in [6.45, 7) is 9.21. The Labute approximate surface area is 192 Å².